The summed E-state index contributed by atoms with van der Waals surface area (Å²) < 4.78 is 0. The number of guanidine groups is 1. The molecule has 1 heterocycles. The van der Waals surface area contributed by atoms with Crippen molar-refractivity contribution >= 4 is 11.6 Å². The predicted molar refractivity (Wildman–Crippen MR) is 53.2 cm³/mol. The Hall–Kier alpha value is -1.62. The largest absolute Gasteiger partial charge is 0.324 e. The van der Waals surface area contributed by atoms with E-state index >= 15 is 0 Å². The van der Waals surface area contributed by atoms with E-state index in [1.807, 2.05) is 19.1 Å². The molecule has 0 aliphatic rings. The van der Waals surface area contributed by atoms with E-state index in [9.17, 15) is 0 Å². The number of nitrogens with two attached hydrogens (primary N) is 1. The Morgan fingerprint density at radius 1 is 1.69 bits per heavy atom. The highest BCUT2D eigenvalue weighted by atomic mass is 15.3. The minimum atomic E-state index is 0.538. The normalized spacial score (nSPS) is 11.1. The number of anilines is 1. The molecule has 13 heavy (non-hydrogen) atoms. The van der Waals surface area contributed by atoms with Gasteiger partial charge in [0.2, 0.25) is 5.96 Å². The third-order valence-corrected chi connectivity index (χ3v) is 1.38. The van der Waals surface area contributed by atoms with Crippen LogP contribution in [0.1, 0.15) is 6.92 Å². The summed E-state index contributed by atoms with van der Waals surface area (Å²) in [5.41, 5.74) is 3.32. The van der Waals surface area contributed by atoms with E-state index in [1.54, 1.807) is 12.4 Å². The average Bonchev–Trinajstić information content (AvgIpc) is 2.19. The number of hydrogen-bond donors (Lipinski definition) is 3. The molecule has 0 aromatic carbocycles. The van der Waals surface area contributed by atoms with Crippen LogP contribution in [0.2, 0.25) is 0 Å². The molecular formula is C8H13N5. The molecule has 0 saturated heterocycles. The molecule has 0 aliphatic heterocycles. The molecule has 1 aromatic heterocycles. The van der Waals surface area contributed by atoms with E-state index in [0.29, 0.717) is 12.5 Å². The predicted octanol–water partition coefficient (Wildman–Crippen LogP) is 0.333. The summed E-state index contributed by atoms with van der Waals surface area (Å²) in [5, 5.41) is 2.98. The first-order chi connectivity index (χ1) is 6.36. The molecule has 1 rings (SSSR count). The lowest BCUT2D eigenvalue weighted by molar-refractivity contribution is 0.985. The highest BCUT2D eigenvalue weighted by Gasteiger charge is 1.94. The third kappa shape index (κ3) is 3.08. The fraction of sp³-hybridized carbons (Fsp3) is 0.250. The Bertz CT molecular complexity index is 269. The van der Waals surface area contributed by atoms with Crippen molar-refractivity contribution in [3.05, 3.63) is 24.5 Å². The minimum Gasteiger partial charge on any atom is -0.324 e. The average molecular weight is 179 g/mol. The lowest BCUT2D eigenvalue weighted by Gasteiger charge is -2.07. The van der Waals surface area contributed by atoms with E-state index in [0.717, 1.165) is 5.69 Å². The second-order valence-electron chi connectivity index (χ2n) is 2.33. The van der Waals surface area contributed by atoms with Crippen LogP contribution in [-0.4, -0.2) is 17.5 Å². The van der Waals surface area contributed by atoms with Gasteiger partial charge in [-0.2, -0.15) is 0 Å². The number of aromatic nitrogens is 1. The summed E-state index contributed by atoms with van der Waals surface area (Å²) in [5.74, 6) is 5.78. The van der Waals surface area contributed by atoms with Gasteiger partial charge in [-0.1, -0.05) is 0 Å². The highest BCUT2D eigenvalue weighted by Crippen LogP contribution is 2.01. The number of nitrogens with zero attached hydrogens (tertiary/aromatic N) is 2. The second-order valence-corrected chi connectivity index (χ2v) is 2.33. The van der Waals surface area contributed by atoms with Crippen LogP contribution in [0.4, 0.5) is 5.69 Å². The summed E-state index contributed by atoms with van der Waals surface area (Å²) in [6, 6.07) is 3.72. The van der Waals surface area contributed by atoms with Crippen LogP contribution in [0.25, 0.3) is 0 Å². The van der Waals surface area contributed by atoms with E-state index in [2.05, 4.69) is 20.7 Å². The first-order valence-corrected chi connectivity index (χ1v) is 4.05. The van der Waals surface area contributed by atoms with E-state index in [4.69, 9.17) is 5.84 Å². The van der Waals surface area contributed by atoms with Gasteiger partial charge < -0.3 is 5.32 Å². The Morgan fingerprint density at radius 3 is 3.08 bits per heavy atom. The van der Waals surface area contributed by atoms with E-state index in [1.165, 1.54) is 0 Å². The smallest absolute Gasteiger partial charge is 0.210 e. The van der Waals surface area contributed by atoms with Gasteiger partial charge in [-0.05, 0) is 19.1 Å². The number of rotatable bonds is 2. The van der Waals surface area contributed by atoms with Crippen molar-refractivity contribution in [2.24, 2.45) is 10.8 Å². The lowest BCUT2D eigenvalue weighted by Crippen LogP contribution is -2.36. The van der Waals surface area contributed by atoms with Gasteiger partial charge in [0.05, 0.1) is 11.9 Å². The molecule has 0 atom stereocenters. The standard InChI is InChI=1S/C8H13N5/c1-2-11-8(13-9)12-7-4-3-5-10-6-7/h3-6H,2,9H2,1H3,(H2,11,12,13). The molecule has 0 unspecified atom stereocenters. The SMILES string of the molecule is CCN=C(NN)Nc1cccnc1. The number of aliphatic imine (C=N–C) groups is 1. The summed E-state index contributed by atoms with van der Waals surface area (Å²) in [6.45, 7) is 2.61. The van der Waals surface area contributed by atoms with Gasteiger partial charge in [0, 0.05) is 12.7 Å². The molecule has 0 spiro atoms. The summed E-state index contributed by atoms with van der Waals surface area (Å²) in [4.78, 5) is 8.03. The van der Waals surface area contributed by atoms with Crippen molar-refractivity contribution < 1.29 is 0 Å². The maximum atomic E-state index is 5.24. The molecule has 5 nitrogen and oxygen atoms in total. The van der Waals surface area contributed by atoms with Crippen molar-refractivity contribution in [1.82, 2.24) is 10.4 Å². The number of pyridine rings is 1. The third-order valence-electron chi connectivity index (χ3n) is 1.38. The van der Waals surface area contributed by atoms with Gasteiger partial charge in [0.1, 0.15) is 0 Å². The first kappa shape index (κ1) is 9.47. The van der Waals surface area contributed by atoms with Crippen LogP contribution in [0.5, 0.6) is 0 Å². The maximum absolute atomic E-state index is 5.24. The molecular weight excluding hydrogens is 166 g/mol. The topological polar surface area (TPSA) is 75.3 Å². The fourth-order valence-corrected chi connectivity index (χ4v) is 0.853. The minimum absolute atomic E-state index is 0.538. The van der Waals surface area contributed by atoms with Crippen molar-refractivity contribution in [2.45, 2.75) is 6.92 Å². The van der Waals surface area contributed by atoms with E-state index in [-0.39, 0.29) is 0 Å². The molecule has 4 N–H and O–H groups in total. The van der Waals surface area contributed by atoms with Gasteiger partial charge in [0.15, 0.2) is 0 Å². The van der Waals surface area contributed by atoms with Gasteiger partial charge in [-0.3, -0.25) is 15.4 Å². The van der Waals surface area contributed by atoms with Crippen molar-refractivity contribution in [1.29, 1.82) is 0 Å². The zero-order valence-corrected chi connectivity index (χ0v) is 7.49. The number of nitrogens with one attached hydrogen (secondary N) is 2. The summed E-state index contributed by atoms with van der Waals surface area (Å²) in [6.07, 6.45) is 3.40. The molecule has 0 saturated carbocycles. The van der Waals surface area contributed by atoms with Gasteiger partial charge in [0.25, 0.3) is 0 Å². The molecule has 0 fully saturated rings. The Labute approximate surface area is 77.1 Å². The molecule has 0 aliphatic carbocycles. The lowest BCUT2D eigenvalue weighted by atomic mass is 10.4. The Morgan fingerprint density at radius 2 is 2.54 bits per heavy atom. The van der Waals surface area contributed by atoms with Gasteiger partial charge >= 0.3 is 0 Å². The van der Waals surface area contributed by atoms with Crippen LogP contribution in [0, 0.1) is 0 Å². The molecule has 5 heteroatoms. The van der Waals surface area contributed by atoms with Crippen molar-refractivity contribution in [3.63, 3.8) is 0 Å². The zero-order valence-electron chi connectivity index (χ0n) is 7.49. The number of hydrazine groups is 1. The maximum Gasteiger partial charge on any atom is 0.210 e. The monoisotopic (exact) mass is 179 g/mol. The van der Waals surface area contributed by atoms with Crippen molar-refractivity contribution in [3.8, 4) is 0 Å². The van der Waals surface area contributed by atoms with Crippen LogP contribution >= 0.6 is 0 Å². The number of hydrogen-bond acceptors (Lipinski definition) is 3. The van der Waals surface area contributed by atoms with Gasteiger partial charge in [-0.25, -0.2) is 5.84 Å². The fourth-order valence-electron chi connectivity index (χ4n) is 0.853. The Kier molecular flexibility index (Phi) is 3.72. The Balaban J connectivity index is 2.62. The molecule has 0 radical (unpaired) electrons. The zero-order chi connectivity index (χ0) is 9.52. The summed E-state index contributed by atoms with van der Waals surface area (Å²) >= 11 is 0. The first-order valence-electron chi connectivity index (χ1n) is 4.05. The molecule has 0 amide bonds. The van der Waals surface area contributed by atoms with Gasteiger partial charge in [-0.15, -0.1) is 0 Å². The van der Waals surface area contributed by atoms with Crippen LogP contribution in [0.3, 0.4) is 0 Å². The van der Waals surface area contributed by atoms with E-state index < -0.39 is 0 Å². The second kappa shape index (κ2) is 5.10. The van der Waals surface area contributed by atoms with Crippen LogP contribution in [-0.2, 0) is 0 Å². The molecule has 70 valence electrons. The van der Waals surface area contributed by atoms with Crippen molar-refractivity contribution in [2.75, 3.05) is 11.9 Å². The quantitative estimate of drug-likeness (QED) is 0.265. The van der Waals surface area contributed by atoms with Crippen LogP contribution < -0.4 is 16.6 Å². The van der Waals surface area contributed by atoms with Crippen LogP contribution in [0.15, 0.2) is 29.5 Å². The summed E-state index contributed by atoms with van der Waals surface area (Å²) in [7, 11) is 0. The molecule has 0 bridgehead atoms. The molecule has 1 aromatic rings. The highest BCUT2D eigenvalue weighted by molar-refractivity contribution is 5.92.